The van der Waals surface area contributed by atoms with Gasteiger partial charge in [0.25, 0.3) is 0 Å². The molecule has 1 aliphatic rings. The second-order valence-corrected chi connectivity index (χ2v) is 4.84. The summed E-state index contributed by atoms with van der Waals surface area (Å²) in [4.78, 5) is 22.5. The molecule has 4 N–H and O–H groups in total. The number of hydrogen-bond acceptors (Lipinski definition) is 3. The van der Waals surface area contributed by atoms with Crippen LogP contribution in [-0.4, -0.2) is 28.6 Å². The minimum Gasteiger partial charge on any atom is -0.481 e. The van der Waals surface area contributed by atoms with Crippen molar-refractivity contribution in [1.82, 2.24) is 5.32 Å². The summed E-state index contributed by atoms with van der Waals surface area (Å²) in [6, 6.07) is -0.220. The highest BCUT2D eigenvalue weighted by molar-refractivity contribution is 5.81. The molecule has 0 radical (unpaired) electrons. The second-order valence-electron chi connectivity index (χ2n) is 4.84. The quantitative estimate of drug-likeness (QED) is 0.638. The molecule has 2 atom stereocenters. The first kappa shape index (κ1) is 13.0. The first-order valence-electron chi connectivity index (χ1n) is 5.66. The Morgan fingerprint density at radius 3 is 2.31 bits per heavy atom. The van der Waals surface area contributed by atoms with Crippen molar-refractivity contribution in [2.45, 2.75) is 51.1 Å². The smallest absolute Gasteiger partial charge is 0.305 e. The van der Waals surface area contributed by atoms with Gasteiger partial charge in [0, 0.05) is 12.0 Å². The lowest BCUT2D eigenvalue weighted by molar-refractivity contribution is -0.140. The van der Waals surface area contributed by atoms with Crippen molar-refractivity contribution in [3.8, 4) is 0 Å². The van der Waals surface area contributed by atoms with Gasteiger partial charge >= 0.3 is 5.97 Å². The summed E-state index contributed by atoms with van der Waals surface area (Å²) in [5, 5.41) is 11.6. The Balaban J connectivity index is 2.56. The monoisotopic (exact) mass is 228 g/mol. The van der Waals surface area contributed by atoms with Gasteiger partial charge in [0.1, 0.15) is 0 Å². The topological polar surface area (TPSA) is 92.4 Å². The number of aliphatic carboxylic acids is 1. The van der Waals surface area contributed by atoms with Gasteiger partial charge in [0.2, 0.25) is 5.91 Å². The molecule has 1 rings (SSSR count). The molecule has 0 spiro atoms. The van der Waals surface area contributed by atoms with Gasteiger partial charge in [0.15, 0.2) is 0 Å². The number of nitrogens with two attached hydrogens (primary N) is 1. The maximum Gasteiger partial charge on any atom is 0.305 e. The fraction of sp³-hybridized carbons (Fsp3) is 0.818. The van der Waals surface area contributed by atoms with E-state index in [9.17, 15) is 9.59 Å². The number of carboxylic acids is 1. The van der Waals surface area contributed by atoms with Gasteiger partial charge in [-0.15, -0.1) is 0 Å². The van der Waals surface area contributed by atoms with E-state index in [0.29, 0.717) is 0 Å². The third kappa shape index (κ3) is 2.95. The maximum absolute atomic E-state index is 11.8. The standard InChI is InChI=1S/C11H20N2O3/c1-7(8(2)12)10(16)13-11(4-3-5-11)6-9(14)15/h7-8H,3-6,12H2,1-2H3,(H,13,16)(H,14,15). The number of carbonyl (C=O) groups is 2. The van der Waals surface area contributed by atoms with Crippen molar-refractivity contribution < 1.29 is 14.7 Å². The Hall–Kier alpha value is -1.10. The van der Waals surface area contributed by atoms with Gasteiger partial charge in [-0.05, 0) is 26.2 Å². The number of rotatable bonds is 5. The minimum atomic E-state index is -0.867. The van der Waals surface area contributed by atoms with Crippen LogP contribution in [0.5, 0.6) is 0 Å². The minimum absolute atomic E-state index is 0.00438. The largest absolute Gasteiger partial charge is 0.481 e. The highest BCUT2D eigenvalue weighted by Crippen LogP contribution is 2.35. The van der Waals surface area contributed by atoms with E-state index in [-0.39, 0.29) is 24.3 Å². The van der Waals surface area contributed by atoms with E-state index in [0.717, 1.165) is 19.3 Å². The van der Waals surface area contributed by atoms with Crippen molar-refractivity contribution >= 4 is 11.9 Å². The number of carbonyl (C=O) groups excluding carboxylic acids is 1. The lowest BCUT2D eigenvalue weighted by Gasteiger charge is -2.42. The number of nitrogens with one attached hydrogen (secondary N) is 1. The Morgan fingerprint density at radius 2 is 2.00 bits per heavy atom. The fourth-order valence-corrected chi connectivity index (χ4v) is 1.85. The highest BCUT2D eigenvalue weighted by atomic mass is 16.4. The van der Waals surface area contributed by atoms with Gasteiger partial charge in [-0.3, -0.25) is 9.59 Å². The number of carboxylic acid groups (broad SMARTS) is 1. The molecule has 0 saturated heterocycles. The van der Waals surface area contributed by atoms with Crippen LogP contribution in [0, 0.1) is 5.92 Å². The summed E-state index contributed by atoms with van der Waals surface area (Å²) in [7, 11) is 0. The third-order valence-corrected chi connectivity index (χ3v) is 3.39. The molecule has 1 saturated carbocycles. The van der Waals surface area contributed by atoms with E-state index in [2.05, 4.69) is 5.32 Å². The van der Waals surface area contributed by atoms with Gasteiger partial charge in [-0.2, -0.15) is 0 Å². The number of hydrogen-bond donors (Lipinski definition) is 3. The van der Waals surface area contributed by atoms with Crippen LogP contribution < -0.4 is 11.1 Å². The third-order valence-electron chi connectivity index (χ3n) is 3.39. The lowest BCUT2D eigenvalue weighted by Crippen LogP contribution is -2.57. The molecule has 1 fully saturated rings. The fourth-order valence-electron chi connectivity index (χ4n) is 1.85. The van der Waals surface area contributed by atoms with Crippen molar-refractivity contribution in [1.29, 1.82) is 0 Å². The van der Waals surface area contributed by atoms with Crippen molar-refractivity contribution in [3.63, 3.8) is 0 Å². The molecule has 5 nitrogen and oxygen atoms in total. The van der Waals surface area contributed by atoms with Crippen molar-refractivity contribution in [2.75, 3.05) is 0 Å². The molecule has 0 aliphatic heterocycles. The Kier molecular flexibility index (Phi) is 3.91. The van der Waals surface area contributed by atoms with Gasteiger partial charge in [-0.25, -0.2) is 0 Å². The summed E-state index contributed by atoms with van der Waals surface area (Å²) in [5.41, 5.74) is 5.12. The molecule has 92 valence electrons. The average molecular weight is 228 g/mol. The molecule has 0 aromatic rings. The molecule has 1 aliphatic carbocycles. The van der Waals surface area contributed by atoms with E-state index in [1.54, 1.807) is 13.8 Å². The van der Waals surface area contributed by atoms with Crippen LogP contribution in [-0.2, 0) is 9.59 Å². The van der Waals surface area contributed by atoms with E-state index < -0.39 is 11.5 Å². The van der Waals surface area contributed by atoms with Crippen LogP contribution in [0.2, 0.25) is 0 Å². The van der Waals surface area contributed by atoms with E-state index in [1.807, 2.05) is 0 Å². The second kappa shape index (κ2) is 4.82. The zero-order valence-electron chi connectivity index (χ0n) is 9.82. The zero-order valence-corrected chi connectivity index (χ0v) is 9.82. The van der Waals surface area contributed by atoms with Crippen LogP contribution >= 0.6 is 0 Å². The highest BCUT2D eigenvalue weighted by Gasteiger charge is 2.41. The average Bonchev–Trinajstić information content (AvgIpc) is 2.11. The van der Waals surface area contributed by atoms with Crippen molar-refractivity contribution in [3.05, 3.63) is 0 Å². The maximum atomic E-state index is 11.8. The Labute approximate surface area is 95.4 Å². The summed E-state index contributed by atoms with van der Waals surface area (Å²) in [5.74, 6) is -1.30. The lowest BCUT2D eigenvalue weighted by atomic mass is 9.74. The summed E-state index contributed by atoms with van der Waals surface area (Å²) >= 11 is 0. The van der Waals surface area contributed by atoms with Gasteiger partial charge in [0.05, 0.1) is 12.0 Å². The predicted molar refractivity (Wildman–Crippen MR) is 59.8 cm³/mol. The molecule has 16 heavy (non-hydrogen) atoms. The summed E-state index contributed by atoms with van der Waals surface area (Å²) in [6.45, 7) is 3.53. The molecular formula is C11H20N2O3. The van der Waals surface area contributed by atoms with Crippen LogP contribution in [0.3, 0.4) is 0 Å². The van der Waals surface area contributed by atoms with E-state index in [4.69, 9.17) is 10.8 Å². The molecule has 0 heterocycles. The number of amides is 1. The Morgan fingerprint density at radius 1 is 1.44 bits per heavy atom. The SMILES string of the molecule is CC(N)C(C)C(=O)NC1(CC(=O)O)CCC1. The van der Waals surface area contributed by atoms with Crippen LogP contribution in [0.15, 0.2) is 0 Å². The summed E-state index contributed by atoms with van der Waals surface area (Å²) < 4.78 is 0. The van der Waals surface area contributed by atoms with Gasteiger partial charge < -0.3 is 16.2 Å². The molecule has 0 aromatic carbocycles. The Bertz CT molecular complexity index is 285. The first-order valence-corrected chi connectivity index (χ1v) is 5.66. The summed E-state index contributed by atoms with van der Waals surface area (Å²) in [6.07, 6.45) is 2.47. The molecular weight excluding hydrogens is 208 g/mol. The van der Waals surface area contributed by atoms with Crippen LogP contribution in [0.1, 0.15) is 39.5 Å². The van der Waals surface area contributed by atoms with Crippen LogP contribution in [0.4, 0.5) is 0 Å². The van der Waals surface area contributed by atoms with Crippen LogP contribution in [0.25, 0.3) is 0 Å². The normalized spacial score (nSPS) is 21.7. The molecule has 0 aromatic heterocycles. The molecule has 2 unspecified atom stereocenters. The molecule has 0 bridgehead atoms. The molecule has 1 amide bonds. The van der Waals surface area contributed by atoms with Gasteiger partial charge in [-0.1, -0.05) is 6.92 Å². The van der Waals surface area contributed by atoms with Crippen molar-refractivity contribution in [2.24, 2.45) is 11.7 Å². The predicted octanol–water partition coefficient (Wildman–Crippen LogP) is 0.483. The van der Waals surface area contributed by atoms with E-state index in [1.165, 1.54) is 0 Å². The zero-order chi connectivity index (χ0) is 12.3. The molecule has 5 heteroatoms. The first-order chi connectivity index (χ1) is 7.36. The van der Waals surface area contributed by atoms with E-state index >= 15 is 0 Å².